The average Bonchev–Trinajstić information content (AvgIpc) is 3.10. The smallest absolute Gasteiger partial charge is 0.148 e. The van der Waals surface area contributed by atoms with Crippen molar-refractivity contribution in [1.82, 2.24) is 9.55 Å². The summed E-state index contributed by atoms with van der Waals surface area (Å²) in [5, 5.41) is 28.8. The number of nitrogens with one attached hydrogen (secondary N) is 1. The Kier molecular flexibility index (Phi) is 3.57. The molecule has 2 heterocycles. The molecule has 0 aliphatic carbocycles. The van der Waals surface area contributed by atoms with Crippen molar-refractivity contribution in [3.63, 3.8) is 0 Å². The van der Waals surface area contributed by atoms with Crippen LogP contribution in [-0.2, 0) is 7.05 Å². The standard InChI is InChI=1S/C19H18N4O3/c1-22-15-7-6-13(26-2)9-14(15)21-19(22)17-16(25)10-23(18(17)20)11-4-3-5-12(24)8-11/h3-9,20,24-25H,10H2,1-2H3. The fourth-order valence-corrected chi connectivity index (χ4v) is 3.23. The van der Waals surface area contributed by atoms with Crippen LogP contribution in [-0.4, -0.2) is 39.3 Å². The van der Waals surface area contributed by atoms with Gasteiger partial charge in [-0.2, -0.15) is 0 Å². The van der Waals surface area contributed by atoms with Gasteiger partial charge in [-0.1, -0.05) is 6.07 Å². The van der Waals surface area contributed by atoms with Crippen molar-refractivity contribution in [2.24, 2.45) is 7.05 Å². The molecule has 132 valence electrons. The summed E-state index contributed by atoms with van der Waals surface area (Å²) in [5.74, 6) is 1.53. The molecular formula is C19H18N4O3. The van der Waals surface area contributed by atoms with E-state index in [0.29, 0.717) is 22.8 Å². The molecule has 0 unspecified atom stereocenters. The Morgan fingerprint density at radius 1 is 1.15 bits per heavy atom. The monoisotopic (exact) mass is 350 g/mol. The minimum atomic E-state index is 0.0729. The molecule has 0 radical (unpaired) electrons. The van der Waals surface area contributed by atoms with Crippen LogP contribution in [0.4, 0.5) is 5.69 Å². The number of aliphatic hydroxyl groups is 1. The SMILES string of the molecule is COc1ccc2c(c1)nc(C1=C(O)CN(c3cccc(O)c3)C1=N)n2C. The van der Waals surface area contributed by atoms with E-state index in [9.17, 15) is 10.2 Å². The van der Waals surface area contributed by atoms with Crippen LogP contribution in [0.15, 0.2) is 48.2 Å². The third kappa shape index (κ3) is 2.36. The molecule has 0 bridgehead atoms. The number of aliphatic hydroxyl groups excluding tert-OH is 1. The van der Waals surface area contributed by atoms with Gasteiger partial charge in [0.1, 0.15) is 28.9 Å². The van der Waals surface area contributed by atoms with Gasteiger partial charge in [0, 0.05) is 24.9 Å². The number of amidine groups is 1. The van der Waals surface area contributed by atoms with Crippen molar-refractivity contribution < 1.29 is 14.9 Å². The van der Waals surface area contributed by atoms with Crippen LogP contribution >= 0.6 is 0 Å². The van der Waals surface area contributed by atoms with Gasteiger partial charge in [0.2, 0.25) is 0 Å². The normalized spacial score (nSPS) is 14.5. The van der Waals surface area contributed by atoms with E-state index < -0.39 is 0 Å². The van der Waals surface area contributed by atoms with Crippen molar-refractivity contribution in [2.75, 3.05) is 18.6 Å². The minimum Gasteiger partial charge on any atom is -0.509 e. The van der Waals surface area contributed by atoms with Crippen molar-refractivity contribution in [3.05, 3.63) is 54.0 Å². The highest BCUT2D eigenvalue weighted by atomic mass is 16.5. The number of hydrogen-bond donors (Lipinski definition) is 3. The maximum atomic E-state index is 10.5. The summed E-state index contributed by atoms with van der Waals surface area (Å²) in [4.78, 5) is 6.23. The van der Waals surface area contributed by atoms with Crippen LogP contribution in [0, 0.1) is 5.41 Å². The van der Waals surface area contributed by atoms with Crippen LogP contribution in [0.1, 0.15) is 5.82 Å². The van der Waals surface area contributed by atoms with E-state index in [1.807, 2.05) is 29.8 Å². The van der Waals surface area contributed by atoms with E-state index in [1.54, 1.807) is 36.3 Å². The first-order valence-corrected chi connectivity index (χ1v) is 8.08. The zero-order valence-electron chi connectivity index (χ0n) is 14.4. The number of nitrogens with zero attached hydrogens (tertiary/aromatic N) is 3. The lowest BCUT2D eigenvalue weighted by atomic mass is 10.2. The topological polar surface area (TPSA) is 94.6 Å². The molecule has 0 fully saturated rings. The van der Waals surface area contributed by atoms with Crippen molar-refractivity contribution in [2.45, 2.75) is 0 Å². The first-order valence-electron chi connectivity index (χ1n) is 8.08. The number of methoxy groups -OCH3 is 1. The Bertz CT molecular complexity index is 1070. The molecule has 0 amide bonds. The largest absolute Gasteiger partial charge is 0.509 e. The molecule has 3 aromatic rings. The van der Waals surface area contributed by atoms with Gasteiger partial charge >= 0.3 is 0 Å². The zero-order chi connectivity index (χ0) is 18.4. The van der Waals surface area contributed by atoms with Crippen molar-refractivity contribution in [3.8, 4) is 11.5 Å². The molecule has 7 heteroatoms. The van der Waals surface area contributed by atoms with E-state index in [2.05, 4.69) is 4.98 Å². The molecule has 0 spiro atoms. The summed E-state index contributed by atoms with van der Waals surface area (Å²) < 4.78 is 7.09. The average molecular weight is 350 g/mol. The van der Waals surface area contributed by atoms with Gasteiger partial charge in [0.15, 0.2) is 0 Å². The van der Waals surface area contributed by atoms with Gasteiger partial charge in [0.25, 0.3) is 0 Å². The number of aryl methyl sites for hydroxylation is 1. The van der Waals surface area contributed by atoms with Crippen LogP contribution in [0.2, 0.25) is 0 Å². The van der Waals surface area contributed by atoms with Crippen LogP contribution in [0.3, 0.4) is 0 Å². The second-order valence-corrected chi connectivity index (χ2v) is 6.13. The van der Waals surface area contributed by atoms with Gasteiger partial charge in [-0.3, -0.25) is 5.41 Å². The van der Waals surface area contributed by atoms with E-state index in [4.69, 9.17) is 10.1 Å². The molecule has 4 rings (SSSR count). The molecule has 0 saturated carbocycles. The Labute approximate surface area is 149 Å². The number of ether oxygens (including phenoxy) is 1. The number of phenolic OH excluding ortho intramolecular Hbond substituents is 1. The number of hydrogen-bond acceptors (Lipinski definition) is 5. The molecule has 1 aliphatic rings. The Morgan fingerprint density at radius 3 is 2.69 bits per heavy atom. The predicted octanol–water partition coefficient (Wildman–Crippen LogP) is 3.05. The highest BCUT2D eigenvalue weighted by molar-refractivity contribution is 6.30. The third-order valence-corrected chi connectivity index (χ3v) is 4.56. The molecule has 2 aromatic carbocycles. The fraction of sp³-hybridized carbons (Fsp3) is 0.158. The summed E-state index contributed by atoms with van der Waals surface area (Å²) in [7, 11) is 3.45. The van der Waals surface area contributed by atoms with Gasteiger partial charge < -0.3 is 24.4 Å². The number of aromatic nitrogens is 2. The van der Waals surface area contributed by atoms with Gasteiger partial charge in [-0.15, -0.1) is 0 Å². The second-order valence-electron chi connectivity index (χ2n) is 6.13. The highest BCUT2D eigenvalue weighted by Crippen LogP contribution is 2.33. The molecule has 0 atom stereocenters. The summed E-state index contributed by atoms with van der Waals surface area (Å²) >= 11 is 0. The first kappa shape index (κ1) is 16.0. The molecule has 26 heavy (non-hydrogen) atoms. The minimum absolute atomic E-state index is 0.0729. The molecular weight excluding hydrogens is 332 g/mol. The molecule has 7 nitrogen and oxygen atoms in total. The molecule has 1 aromatic heterocycles. The number of benzene rings is 2. The molecule has 1 aliphatic heterocycles. The quantitative estimate of drug-likeness (QED) is 0.675. The number of anilines is 1. The van der Waals surface area contributed by atoms with Crippen LogP contribution in [0.5, 0.6) is 11.5 Å². The van der Waals surface area contributed by atoms with Gasteiger partial charge in [-0.25, -0.2) is 4.98 Å². The lowest BCUT2D eigenvalue weighted by molar-refractivity contribution is 0.411. The third-order valence-electron chi connectivity index (χ3n) is 4.56. The second kappa shape index (κ2) is 5.80. The number of aromatic hydroxyl groups is 1. The Balaban J connectivity index is 1.78. The lowest BCUT2D eigenvalue weighted by Crippen LogP contribution is -2.26. The fourth-order valence-electron chi connectivity index (χ4n) is 3.23. The first-order chi connectivity index (χ1) is 12.5. The number of fused-ring (bicyclic) bond motifs is 1. The van der Waals surface area contributed by atoms with E-state index >= 15 is 0 Å². The maximum absolute atomic E-state index is 10.5. The molecule has 0 saturated heterocycles. The van der Waals surface area contributed by atoms with Gasteiger partial charge in [-0.05, 0) is 24.3 Å². The highest BCUT2D eigenvalue weighted by Gasteiger charge is 2.32. The summed E-state index contributed by atoms with van der Waals surface area (Å²) in [6.45, 7) is 0.157. The maximum Gasteiger partial charge on any atom is 0.148 e. The zero-order valence-corrected chi connectivity index (χ0v) is 14.4. The lowest BCUT2D eigenvalue weighted by Gasteiger charge is -2.18. The van der Waals surface area contributed by atoms with E-state index in [0.717, 1.165) is 11.0 Å². The van der Waals surface area contributed by atoms with Crippen LogP contribution < -0.4 is 9.64 Å². The van der Waals surface area contributed by atoms with E-state index in [1.165, 1.54) is 0 Å². The van der Waals surface area contributed by atoms with Crippen LogP contribution in [0.25, 0.3) is 16.6 Å². The molecule has 3 N–H and O–H groups in total. The Hall–Kier alpha value is -3.48. The number of phenols is 1. The summed E-state index contributed by atoms with van der Waals surface area (Å²) in [6.07, 6.45) is 0. The van der Waals surface area contributed by atoms with Crippen molar-refractivity contribution in [1.29, 1.82) is 5.41 Å². The van der Waals surface area contributed by atoms with Gasteiger partial charge in [0.05, 0.1) is 30.3 Å². The number of rotatable bonds is 3. The summed E-state index contributed by atoms with van der Waals surface area (Å²) in [6, 6.07) is 12.2. The van der Waals surface area contributed by atoms with E-state index in [-0.39, 0.29) is 23.9 Å². The number of imidazole rings is 1. The summed E-state index contributed by atoms with van der Waals surface area (Å²) in [5.41, 5.74) is 2.62. The predicted molar refractivity (Wildman–Crippen MR) is 100.0 cm³/mol. The Morgan fingerprint density at radius 2 is 1.96 bits per heavy atom. The van der Waals surface area contributed by atoms with Crippen molar-refractivity contribution >= 4 is 28.1 Å².